The molecule has 0 radical (unpaired) electrons. The van der Waals surface area contributed by atoms with Crippen LogP contribution in [0, 0.1) is 5.82 Å². The van der Waals surface area contributed by atoms with E-state index in [0.717, 1.165) is 53.5 Å². The molecule has 2 heterocycles. The van der Waals surface area contributed by atoms with Gasteiger partial charge in [-0.2, -0.15) is 9.97 Å². The zero-order valence-corrected chi connectivity index (χ0v) is 22.0. The molecule has 3 N–H and O–H groups in total. The molecule has 5 rings (SSSR count). The van der Waals surface area contributed by atoms with E-state index >= 15 is 0 Å². The van der Waals surface area contributed by atoms with Gasteiger partial charge in [0, 0.05) is 31.6 Å². The SMILES string of the molecule is CC(=O)NC1CCC(Nc2nc(NCc3ccc(-c4cccc(F)c4)cc3)c3ncn(C(C)C)c3n2)CC1. The van der Waals surface area contributed by atoms with E-state index in [-0.39, 0.29) is 29.8 Å². The average molecular weight is 516 g/mol. The highest BCUT2D eigenvalue weighted by Crippen LogP contribution is 2.27. The van der Waals surface area contributed by atoms with Crippen molar-refractivity contribution in [3.8, 4) is 11.1 Å². The lowest BCUT2D eigenvalue weighted by molar-refractivity contribution is -0.119. The number of aromatic nitrogens is 4. The van der Waals surface area contributed by atoms with Gasteiger partial charge in [-0.25, -0.2) is 9.37 Å². The van der Waals surface area contributed by atoms with E-state index in [4.69, 9.17) is 9.97 Å². The average Bonchev–Trinajstić information content (AvgIpc) is 3.33. The number of anilines is 2. The summed E-state index contributed by atoms with van der Waals surface area (Å²) in [4.78, 5) is 25.6. The van der Waals surface area contributed by atoms with E-state index in [0.29, 0.717) is 18.3 Å². The number of rotatable bonds is 8. The van der Waals surface area contributed by atoms with Crippen LogP contribution in [0.15, 0.2) is 54.9 Å². The topological polar surface area (TPSA) is 96.8 Å². The van der Waals surface area contributed by atoms with Crippen molar-refractivity contribution in [2.45, 2.75) is 71.1 Å². The van der Waals surface area contributed by atoms with Crippen molar-refractivity contribution in [2.75, 3.05) is 10.6 Å². The van der Waals surface area contributed by atoms with Gasteiger partial charge in [-0.1, -0.05) is 36.4 Å². The van der Waals surface area contributed by atoms with Crippen LogP contribution in [-0.4, -0.2) is 37.5 Å². The number of carbonyl (C=O) groups excluding carboxylic acids is 1. The van der Waals surface area contributed by atoms with Gasteiger partial charge in [0.05, 0.1) is 6.33 Å². The fourth-order valence-electron chi connectivity index (χ4n) is 5.00. The van der Waals surface area contributed by atoms with Crippen molar-refractivity contribution in [3.05, 3.63) is 66.2 Å². The van der Waals surface area contributed by atoms with Crippen LogP contribution in [0.5, 0.6) is 0 Å². The second-order valence-electron chi connectivity index (χ2n) is 10.3. The highest BCUT2D eigenvalue weighted by molar-refractivity contribution is 5.84. The lowest BCUT2D eigenvalue weighted by atomic mass is 9.91. The van der Waals surface area contributed by atoms with Gasteiger partial charge in [-0.3, -0.25) is 4.79 Å². The largest absolute Gasteiger partial charge is 0.364 e. The molecule has 1 saturated carbocycles. The van der Waals surface area contributed by atoms with Gasteiger partial charge >= 0.3 is 0 Å². The third-order valence-corrected chi connectivity index (χ3v) is 7.02. The van der Waals surface area contributed by atoms with Crippen molar-refractivity contribution in [1.29, 1.82) is 0 Å². The summed E-state index contributed by atoms with van der Waals surface area (Å²) >= 11 is 0. The summed E-state index contributed by atoms with van der Waals surface area (Å²) in [6.07, 6.45) is 5.55. The van der Waals surface area contributed by atoms with E-state index in [9.17, 15) is 9.18 Å². The number of hydrogen-bond acceptors (Lipinski definition) is 6. The molecule has 0 aliphatic heterocycles. The lowest BCUT2D eigenvalue weighted by Gasteiger charge is -2.29. The number of amides is 1. The number of fused-ring (bicyclic) bond motifs is 1. The number of hydrogen-bond donors (Lipinski definition) is 3. The summed E-state index contributed by atoms with van der Waals surface area (Å²) in [7, 11) is 0. The predicted octanol–water partition coefficient (Wildman–Crippen LogP) is 5.68. The predicted molar refractivity (Wildman–Crippen MR) is 148 cm³/mol. The van der Waals surface area contributed by atoms with Gasteiger partial charge in [0.25, 0.3) is 0 Å². The number of benzene rings is 2. The quantitative estimate of drug-likeness (QED) is 0.279. The molecule has 38 heavy (non-hydrogen) atoms. The van der Waals surface area contributed by atoms with Gasteiger partial charge in [0.2, 0.25) is 11.9 Å². The summed E-state index contributed by atoms with van der Waals surface area (Å²) in [5.74, 6) is 1.04. The molecule has 1 aliphatic carbocycles. The van der Waals surface area contributed by atoms with Crippen LogP contribution in [0.3, 0.4) is 0 Å². The third kappa shape index (κ3) is 5.93. The number of imidazole rings is 1. The first-order valence-corrected chi connectivity index (χ1v) is 13.2. The number of nitrogens with zero attached hydrogens (tertiary/aromatic N) is 4. The first-order valence-electron chi connectivity index (χ1n) is 13.2. The molecule has 0 bridgehead atoms. The number of carbonyl (C=O) groups is 1. The highest BCUT2D eigenvalue weighted by Gasteiger charge is 2.23. The second kappa shape index (κ2) is 11.2. The molecule has 1 aliphatic rings. The van der Waals surface area contributed by atoms with E-state index < -0.39 is 0 Å². The molecule has 1 amide bonds. The smallest absolute Gasteiger partial charge is 0.227 e. The van der Waals surface area contributed by atoms with E-state index in [1.165, 1.54) is 12.1 Å². The maximum absolute atomic E-state index is 13.6. The summed E-state index contributed by atoms with van der Waals surface area (Å²) in [6.45, 7) is 6.34. The Balaban J connectivity index is 1.32. The fraction of sp³-hybridized carbons (Fsp3) is 0.379. The summed E-state index contributed by atoms with van der Waals surface area (Å²) in [5, 5.41) is 10.0. The van der Waals surface area contributed by atoms with Crippen LogP contribution in [-0.2, 0) is 11.3 Å². The minimum Gasteiger partial charge on any atom is -0.364 e. The number of halogens is 1. The Morgan fingerprint density at radius 2 is 1.76 bits per heavy atom. The molecule has 0 unspecified atom stereocenters. The van der Waals surface area contributed by atoms with Crippen LogP contribution >= 0.6 is 0 Å². The van der Waals surface area contributed by atoms with Crippen molar-refractivity contribution in [3.63, 3.8) is 0 Å². The van der Waals surface area contributed by atoms with E-state index in [1.807, 2.05) is 36.7 Å². The summed E-state index contributed by atoms with van der Waals surface area (Å²) in [6, 6.07) is 15.4. The monoisotopic (exact) mass is 515 g/mol. The summed E-state index contributed by atoms with van der Waals surface area (Å²) in [5.41, 5.74) is 4.41. The summed E-state index contributed by atoms with van der Waals surface area (Å²) < 4.78 is 15.7. The molecule has 198 valence electrons. The van der Waals surface area contributed by atoms with Gasteiger partial charge in [-0.05, 0) is 68.4 Å². The zero-order chi connectivity index (χ0) is 26.6. The van der Waals surface area contributed by atoms with E-state index in [2.05, 4.69) is 39.3 Å². The zero-order valence-electron chi connectivity index (χ0n) is 22.0. The van der Waals surface area contributed by atoms with Crippen molar-refractivity contribution >= 4 is 28.8 Å². The normalized spacial score (nSPS) is 17.5. The van der Waals surface area contributed by atoms with Crippen LogP contribution in [0.2, 0.25) is 0 Å². The van der Waals surface area contributed by atoms with Crippen LogP contribution in [0.1, 0.15) is 58.1 Å². The molecule has 1 fully saturated rings. The minimum atomic E-state index is -0.243. The molecule has 2 aromatic carbocycles. The fourth-order valence-corrected chi connectivity index (χ4v) is 5.00. The van der Waals surface area contributed by atoms with Crippen molar-refractivity contribution < 1.29 is 9.18 Å². The van der Waals surface area contributed by atoms with Gasteiger partial charge in [0.15, 0.2) is 17.0 Å². The van der Waals surface area contributed by atoms with Gasteiger partial charge in [-0.15, -0.1) is 0 Å². The van der Waals surface area contributed by atoms with Gasteiger partial charge in [0.1, 0.15) is 5.82 Å². The first kappa shape index (κ1) is 25.6. The van der Waals surface area contributed by atoms with Crippen LogP contribution in [0.25, 0.3) is 22.3 Å². The Morgan fingerprint density at radius 1 is 1.03 bits per heavy atom. The minimum absolute atomic E-state index is 0.0245. The lowest BCUT2D eigenvalue weighted by Crippen LogP contribution is -2.39. The molecule has 4 aromatic rings. The highest BCUT2D eigenvalue weighted by atomic mass is 19.1. The Labute approximate surface area is 222 Å². The Morgan fingerprint density at radius 3 is 2.45 bits per heavy atom. The standard InChI is InChI=1S/C29H34FN7O/c1-18(2)37-17-32-26-27(31-16-20-7-9-21(10-8-20)22-5-4-6-23(30)15-22)35-29(36-28(26)37)34-25-13-11-24(12-14-25)33-19(3)38/h4-10,15,17-18,24-25H,11-14,16H2,1-3H3,(H,33,38)(H2,31,34,35,36). The van der Waals surface area contributed by atoms with Crippen LogP contribution < -0.4 is 16.0 Å². The Kier molecular flexibility index (Phi) is 7.53. The van der Waals surface area contributed by atoms with E-state index in [1.54, 1.807) is 13.0 Å². The van der Waals surface area contributed by atoms with Crippen molar-refractivity contribution in [2.24, 2.45) is 0 Å². The van der Waals surface area contributed by atoms with Crippen molar-refractivity contribution in [1.82, 2.24) is 24.8 Å². The first-order chi connectivity index (χ1) is 18.4. The Bertz CT molecular complexity index is 1410. The molecule has 2 aromatic heterocycles. The molecular weight excluding hydrogens is 481 g/mol. The maximum atomic E-state index is 13.6. The Hall–Kier alpha value is -4.01. The maximum Gasteiger partial charge on any atom is 0.227 e. The number of nitrogens with one attached hydrogen (secondary N) is 3. The van der Waals surface area contributed by atoms with Crippen LogP contribution in [0.4, 0.5) is 16.2 Å². The second-order valence-corrected chi connectivity index (χ2v) is 10.3. The molecule has 0 atom stereocenters. The third-order valence-electron chi connectivity index (χ3n) is 7.02. The molecule has 0 spiro atoms. The molecular formula is C29H34FN7O. The molecule has 9 heteroatoms. The molecule has 8 nitrogen and oxygen atoms in total. The van der Waals surface area contributed by atoms with Gasteiger partial charge < -0.3 is 20.5 Å². The molecule has 0 saturated heterocycles.